The van der Waals surface area contributed by atoms with Gasteiger partial charge in [0.2, 0.25) is 9.84 Å². The topological polar surface area (TPSA) is 57.9 Å². The van der Waals surface area contributed by atoms with Gasteiger partial charge >= 0.3 is 0 Å². The van der Waals surface area contributed by atoms with Crippen LogP contribution in [0.4, 0.5) is 8.78 Å². The van der Waals surface area contributed by atoms with Crippen LogP contribution in [0.5, 0.6) is 0 Å². The Labute approximate surface area is 141 Å². The van der Waals surface area contributed by atoms with Crippen LogP contribution in [0.3, 0.4) is 0 Å². The van der Waals surface area contributed by atoms with E-state index in [-0.39, 0.29) is 15.6 Å². The summed E-state index contributed by atoms with van der Waals surface area (Å²) >= 11 is 11.6. The van der Waals surface area contributed by atoms with Gasteiger partial charge in [0.15, 0.2) is 11.6 Å². The van der Waals surface area contributed by atoms with Crippen LogP contribution >= 0.6 is 23.2 Å². The molecule has 0 aliphatic carbocycles. The molecule has 0 N–H and O–H groups in total. The lowest BCUT2D eigenvalue weighted by Crippen LogP contribution is -2.05. The third-order valence-corrected chi connectivity index (χ3v) is 5.23. The Morgan fingerprint density at radius 2 is 1.87 bits per heavy atom. The van der Waals surface area contributed by atoms with Crippen LogP contribution in [-0.2, 0) is 9.84 Å². The Balaban J connectivity index is 2.65. The quantitative estimate of drug-likeness (QED) is 0.738. The minimum Gasteiger partial charge on any atom is -0.218 e. The van der Waals surface area contributed by atoms with Gasteiger partial charge in [0.1, 0.15) is 11.0 Å². The second-order valence-electron chi connectivity index (χ2n) is 4.34. The summed E-state index contributed by atoms with van der Waals surface area (Å²) in [6.45, 7) is 0. The van der Waals surface area contributed by atoms with Crippen molar-refractivity contribution in [1.29, 1.82) is 5.26 Å². The minimum atomic E-state index is -4.34. The summed E-state index contributed by atoms with van der Waals surface area (Å²) in [6, 6.07) is 8.39. The zero-order chi connectivity index (χ0) is 17.2. The first-order valence-corrected chi connectivity index (χ1v) is 8.27. The first-order chi connectivity index (χ1) is 10.8. The first kappa shape index (κ1) is 17.4. The summed E-state index contributed by atoms with van der Waals surface area (Å²) in [7, 11) is -4.34. The van der Waals surface area contributed by atoms with Crippen LogP contribution in [0.15, 0.2) is 46.2 Å². The van der Waals surface area contributed by atoms with E-state index < -0.39 is 31.3 Å². The lowest BCUT2D eigenvalue weighted by molar-refractivity contribution is 0.507. The molecule has 0 heterocycles. The number of nitrogens with zero attached hydrogens (tertiary/aromatic N) is 1. The van der Waals surface area contributed by atoms with Crippen LogP contribution in [-0.4, -0.2) is 8.42 Å². The van der Waals surface area contributed by atoms with E-state index >= 15 is 0 Å². The van der Waals surface area contributed by atoms with E-state index in [4.69, 9.17) is 28.5 Å². The van der Waals surface area contributed by atoms with Crippen molar-refractivity contribution in [1.82, 2.24) is 0 Å². The zero-order valence-corrected chi connectivity index (χ0v) is 13.6. The Morgan fingerprint density at radius 3 is 2.52 bits per heavy atom. The minimum absolute atomic E-state index is 0.0993. The van der Waals surface area contributed by atoms with Gasteiger partial charge in [0, 0.05) is 10.6 Å². The fraction of sp³-hybridized carbons (Fsp3) is 0. The average molecular weight is 374 g/mol. The lowest BCUT2D eigenvalue weighted by atomic mass is 10.2. The predicted octanol–water partition coefficient (Wildman–Crippen LogP) is 4.61. The van der Waals surface area contributed by atoms with E-state index in [1.807, 2.05) is 0 Å². The molecule has 118 valence electrons. The van der Waals surface area contributed by atoms with E-state index in [0.29, 0.717) is 0 Å². The Morgan fingerprint density at radius 1 is 1.17 bits per heavy atom. The molecule has 0 bridgehead atoms. The molecule has 2 rings (SSSR count). The Kier molecular flexibility index (Phi) is 5.05. The highest BCUT2D eigenvalue weighted by molar-refractivity contribution is 7.95. The standard InChI is InChI=1S/C15H7Cl2F2NO2S/c16-10-4-5-12(17)14(7-10)23(21,22)11(8-20)6-9-2-1-3-13(18)15(9)19/h1-7H. The summed E-state index contributed by atoms with van der Waals surface area (Å²) in [4.78, 5) is -1.18. The fourth-order valence-electron chi connectivity index (χ4n) is 1.74. The number of nitriles is 1. The van der Waals surface area contributed by atoms with Crippen LogP contribution in [0.25, 0.3) is 6.08 Å². The van der Waals surface area contributed by atoms with Gasteiger partial charge in [-0.15, -0.1) is 0 Å². The van der Waals surface area contributed by atoms with E-state index in [9.17, 15) is 17.2 Å². The summed E-state index contributed by atoms with van der Waals surface area (Å²) < 4.78 is 51.8. The molecule has 3 nitrogen and oxygen atoms in total. The number of halogens is 4. The number of allylic oxidation sites excluding steroid dienone is 1. The highest BCUT2D eigenvalue weighted by Gasteiger charge is 2.24. The van der Waals surface area contributed by atoms with Crippen molar-refractivity contribution in [3.8, 4) is 6.07 Å². The maximum absolute atomic E-state index is 13.7. The third-order valence-electron chi connectivity index (χ3n) is 2.85. The van der Waals surface area contributed by atoms with E-state index in [0.717, 1.165) is 24.3 Å². The van der Waals surface area contributed by atoms with Crippen molar-refractivity contribution in [2.45, 2.75) is 4.90 Å². The molecule has 0 atom stereocenters. The Hall–Kier alpha value is -1.94. The number of sulfone groups is 1. The first-order valence-electron chi connectivity index (χ1n) is 6.03. The van der Waals surface area contributed by atoms with Gasteiger partial charge < -0.3 is 0 Å². The molecular formula is C15H7Cl2F2NO2S. The highest BCUT2D eigenvalue weighted by atomic mass is 35.5. The van der Waals surface area contributed by atoms with Crippen molar-refractivity contribution < 1.29 is 17.2 Å². The summed E-state index contributed by atoms with van der Waals surface area (Å²) in [6.07, 6.45) is 0.741. The smallest absolute Gasteiger partial charge is 0.218 e. The second kappa shape index (κ2) is 6.67. The molecule has 2 aromatic rings. The fourth-order valence-corrected chi connectivity index (χ4v) is 3.65. The van der Waals surface area contributed by atoms with E-state index in [1.54, 1.807) is 0 Å². The largest absolute Gasteiger partial charge is 0.218 e. The molecule has 0 saturated carbocycles. The molecule has 0 aliphatic rings. The number of hydrogen-bond donors (Lipinski definition) is 0. The van der Waals surface area contributed by atoms with E-state index in [2.05, 4.69) is 0 Å². The molecule has 0 saturated heterocycles. The van der Waals surface area contributed by atoms with Gasteiger partial charge in [-0.1, -0.05) is 35.3 Å². The SMILES string of the molecule is N#CC(=Cc1cccc(F)c1F)S(=O)(=O)c1cc(Cl)ccc1Cl. The van der Waals surface area contributed by atoms with Crippen molar-refractivity contribution in [2.24, 2.45) is 0 Å². The molecule has 0 aromatic heterocycles. The number of benzene rings is 2. The van der Waals surface area contributed by atoms with Gasteiger partial charge in [-0.25, -0.2) is 17.2 Å². The van der Waals surface area contributed by atoms with E-state index in [1.165, 1.54) is 24.3 Å². The molecular weight excluding hydrogens is 367 g/mol. The second-order valence-corrected chi connectivity index (χ2v) is 7.07. The van der Waals surface area contributed by atoms with Crippen molar-refractivity contribution in [3.05, 3.63) is 68.5 Å². The number of hydrogen-bond acceptors (Lipinski definition) is 3. The Bertz CT molecular complexity index is 950. The summed E-state index contributed by atoms with van der Waals surface area (Å²) in [5, 5.41) is 9.07. The van der Waals surface area contributed by atoms with Crippen molar-refractivity contribution in [2.75, 3.05) is 0 Å². The van der Waals surface area contributed by atoms with Gasteiger partial charge in [-0.2, -0.15) is 5.26 Å². The van der Waals surface area contributed by atoms with Crippen molar-refractivity contribution >= 4 is 39.1 Å². The highest BCUT2D eigenvalue weighted by Crippen LogP contribution is 2.30. The molecule has 23 heavy (non-hydrogen) atoms. The van der Waals surface area contributed by atoms with Crippen LogP contribution in [0.1, 0.15) is 5.56 Å². The summed E-state index contributed by atoms with van der Waals surface area (Å²) in [5.74, 6) is -2.41. The average Bonchev–Trinajstić information content (AvgIpc) is 2.50. The lowest BCUT2D eigenvalue weighted by Gasteiger charge is -2.06. The predicted molar refractivity (Wildman–Crippen MR) is 83.6 cm³/mol. The molecule has 0 spiro atoms. The van der Waals surface area contributed by atoms with Crippen LogP contribution in [0.2, 0.25) is 10.0 Å². The van der Waals surface area contributed by atoms with Gasteiger partial charge in [-0.3, -0.25) is 0 Å². The molecule has 2 aromatic carbocycles. The molecule has 8 heteroatoms. The summed E-state index contributed by atoms with van der Waals surface area (Å²) in [5.41, 5.74) is -0.372. The maximum atomic E-state index is 13.7. The molecule has 0 unspecified atom stereocenters. The van der Waals surface area contributed by atoms with Gasteiger partial charge in [-0.05, 0) is 30.3 Å². The monoisotopic (exact) mass is 373 g/mol. The van der Waals surface area contributed by atoms with Crippen LogP contribution < -0.4 is 0 Å². The third kappa shape index (κ3) is 3.53. The van der Waals surface area contributed by atoms with Gasteiger partial charge in [0.25, 0.3) is 0 Å². The zero-order valence-electron chi connectivity index (χ0n) is 11.2. The molecule has 0 radical (unpaired) electrons. The molecule has 0 fully saturated rings. The van der Waals surface area contributed by atoms with Crippen LogP contribution in [0, 0.1) is 23.0 Å². The molecule has 0 amide bonds. The normalized spacial score (nSPS) is 12.0. The van der Waals surface area contributed by atoms with Crippen molar-refractivity contribution in [3.63, 3.8) is 0 Å². The molecule has 0 aliphatic heterocycles. The van der Waals surface area contributed by atoms with Gasteiger partial charge in [0.05, 0.1) is 9.92 Å². The maximum Gasteiger partial charge on any atom is 0.218 e. The number of rotatable bonds is 3.